The third-order valence-electron chi connectivity index (χ3n) is 4.31. The van der Waals surface area contributed by atoms with Crippen LogP contribution in [-0.4, -0.2) is 15.4 Å². The molecule has 0 aliphatic heterocycles. The van der Waals surface area contributed by atoms with Crippen LogP contribution in [0, 0.1) is 0 Å². The summed E-state index contributed by atoms with van der Waals surface area (Å²) in [5.41, 5.74) is 1.70. The SMILES string of the molecule is O=C(Nc1cccc(-c2cn3ccccc3n2)c1)Nc1ccc(Cl)c(C(F)(F)F)c1. The van der Waals surface area contributed by atoms with Crippen LogP contribution in [0.2, 0.25) is 5.02 Å². The summed E-state index contributed by atoms with van der Waals surface area (Å²) in [6.45, 7) is 0. The maximum Gasteiger partial charge on any atom is 0.417 e. The molecule has 2 amide bonds. The smallest absolute Gasteiger partial charge is 0.308 e. The molecule has 0 saturated carbocycles. The normalized spacial score (nSPS) is 11.5. The summed E-state index contributed by atoms with van der Waals surface area (Å²) < 4.78 is 40.8. The fourth-order valence-corrected chi connectivity index (χ4v) is 3.17. The fraction of sp³-hybridized carbons (Fsp3) is 0.0476. The van der Waals surface area contributed by atoms with E-state index in [0.717, 1.165) is 29.0 Å². The van der Waals surface area contributed by atoms with Crippen molar-refractivity contribution in [3.05, 3.63) is 83.6 Å². The average molecular weight is 431 g/mol. The van der Waals surface area contributed by atoms with Crippen molar-refractivity contribution < 1.29 is 18.0 Å². The van der Waals surface area contributed by atoms with Crippen LogP contribution in [0.15, 0.2) is 73.1 Å². The van der Waals surface area contributed by atoms with Crippen LogP contribution in [-0.2, 0) is 6.18 Å². The number of halogens is 4. The number of amides is 2. The van der Waals surface area contributed by atoms with Crippen LogP contribution in [0.25, 0.3) is 16.9 Å². The minimum Gasteiger partial charge on any atom is -0.308 e. The van der Waals surface area contributed by atoms with E-state index >= 15 is 0 Å². The highest BCUT2D eigenvalue weighted by Gasteiger charge is 2.33. The summed E-state index contributed by atoms with van der Waals surface area (Å²) in [5.74, 6) is 0. The number of benzene rings is 2. The van der Waals surface area contributed by atoms with Crippen molar-refractivity contribution in [3.63, 3.8) is 0 Å². The summed E-state index contributed by atoms with van der Waals surface area (Å²) in [6.07, 6.45) is -0.878. The van der Waals surface area contributed by atoms with Crippen LogP contribution in [0.3, 0.4) is 0 Å². The monoisotopic (exact) mass is 430 g/mol. The zero-order chi connectivity index (χ0) is 21.3. The number of rotatable bonds is 3. The van der Waals surface area contributed by atoms with Gasteiger partial charge in [0.2, 0.25) is 0 Å². The van der Waals surface area contributed by atoms with Gasteiger partial charge in [-0.1, -0.05) is 29.8 Å². The molecule has 0 saturated heterocycles. The highest BCUT2D eigenvalue weighted by molar-refractivity contribution is 6.31. The zero-order valence-corrected chi connectivity index (χ0v) is 16.0. The largest absolute Gasteiger partial charge is 0.417 e. The van der Waals surface area contributed by atoms with Gasteiger partial charge in [-0.15, -0.1) is 0 Å². The van der Waals surface area contributed by atoms with Gasteiger partial charge in [-0.3, -0.25) is 0 Å². The van der Waals surface area contributed by atoms with Gasteiger partial charge in [-0.25, -0.2) is 9.78 Å². The summed E-state index contributed by atoms with van der Waals surface area (Å²) in [4.78, 5) is 16.8. The molecule has 9 heteroatoms. The van der Waals surface area contributed by atoms with E-state index in [1.807, 2.05) is 41.1 Å². The molecule has 152 valence electrons. The Bertz CT molecular complexity index is 1200. The topological polar surface area (TPSA) is 58.4 Å². The number of carbonyl (C=O) groups excluding carboxylic acids is 1. The van der Waals surface area contributed by atoms with E-state index in [2.05, 4.69) is 15.6 Å². The Morgan fingerprint density at radius 3 is 2.47 bits per heavy atom. The molecule has 4 aromatic rings. The van der Waals surface area contributed by atoms with Gasteiger partial charge in [-0.05, 0) is 42.5 Å². The number of alkyl halides is 3. The van der Waals surface area contributed by atoms with Gasteiger partial charge in [0.1, 0.15) is 5.65 Å². The third-order valence-corrected chi connectivity index (χ3v) is 4.64. The molecule has 2 aromatic heterocycles. The van der Waals surface area contributed by atoms with Crippen molar-refractivity contribution in [1.29, 1.82) is 0 Å². The minimum atomic E-state index is -4.62. The first-order chi connectivity index (χ1) is 14.3. The molecule has 2 heterocycles. The molecule has 0 aliphatic carbocycles. The lowest BCUT2D eigenvalue weighted by atomic mass is 10.1. The lowest BCUT2D eigenvalue weighted by molar-refractivity contribution is -0.137. The number of fused-ring (bicyclic) bond motifs is 1. The summed E-state index contributed by atoms with van der Waals surface area (Å²) in [6, 6.07) is 15.1. The maximum atomic E-state index is 13.0. The van der Waals surface area contributed by atoms with E-state index in [1.54, 1.807) is 18.2 Å². The van der Waals surface area contributed by atoms with Crippen molar-refractivity contribution in [2.75, 3.05) is 10.6 Å². The van der Waals surface area contributed by atoms with Gasteiger partial charge < -0.3 is 15.0 Å². The number of hydrogen-bond acceptors (Lipinski definition) is 2. The number of hydrogen-bond donors (Lipinski definition) is 2. The number of anilines is 2. The third kappa shape index (κ3) is 4.23. The number of aromatic nitrogens is 2. The Morgan fingerprint density at radius 2 is 1.73 bits per heavy atom. The predicted molar refractivity (Wildman–Crippen MR) is 110 cm³/mol. The highest BCUT2D eigenvalue weighted by atomic mass is 35.5. The first-order valence-electron chi connectivity index (χ1n) is 8.78. The van der Waals surface area contributed by atoms with Crippen molar-refractivity contribution in [1.82, 2.24) is 9.38 Å². The molecule has 2 aromatic carbocycles. The average Bonchev–Trinajstić information content (AvgIpc) is 3.13. The summed E-state index contributed by atoms with van der Waals surface area (Å²) in [5, 5.41) is 4.55. The van der Waals surface area contributed by atoms with Crippen molar-refractivity contribution in [2.24, 2.45) is 0 Å². The Balaban J connectivity index is 1.51. The molecular formula is C21H14ClF3N4O. The molecule has 5 nitrogen and oxygen atoms in total. The van der Waals surface area contributed by atoms with Gasteiger partial charge in [0.05, 0.1) is 16.3 Å². The molecule has 0 unspecified atom stereocenters. The van der Waals surface area contributed by atoms with E-state index in [-0.39, 0.29) is 5.69 Å². The van der Waals surface area contributed by atoms with Gasteiger partial charge in [-0.2, -0.15) is 13.2 Å². The molecule has 0 aliphatic rings. The van der Waals surface area contributed by atoms with E-state index in [9.17, 15) is 18.0 Å². The van der Waals surface area contributed by atoms with E-state index < -0.39 is 22.8 Å². The van der Waals surface area contributed by atoms with Crippen LogP contribution >= 0.6 is 11.6 Å². The van der Waals surface area contributed by atoms with Crippen molar-refractivity contribution >= 4 is 34.7 Å². The Morgan fingerprint density at radius 1 is 0.967 bits per heavy atom. The number of imidazole rings is 1. The van der Waals surface area contributed by atoms with E-state index in [0.29, 0.717) is 5.69 Å². The summed E-state index contributed by atoms with van der Waals surface area (Å²) in [7, 11) is 0. The Labute approximate surface area is 174 Å². The maximum absolute atomic E-state index is 13.0. The van der Waals surface area contributed by atoms with Crippen molar-refractivity contribution in [2.45, 2.75) is 6.18 Å². The molecule has 0 atom stereocenters. The van der Waals surface area contributed by atoms with Crippen molar-refractivity contribution in [3.8, 4) is 11.3 Å². The molecule has 0 radical (unpaired) electrons. The molecule has 30 heavy (non-hydrogen) atoms. The van der Waals surface area contributed by atoms with Crippen LogP contribution in [0.5, 0.6) is 0 Å². The molecule has 0 fully saturated rings. The van der Waals surface area contributed by atoms with E-state index in [4.69, 9.17) is 11.6 Å². The Hall–Kier alpha value is -3.52. The van der Waals surface area contributed by atoms with Crippen LogP contribution in [0.1, 0.15) is 5.56 Å². The second kappa shape index (κ2) is 7.72. The molecule has 0 bridgehead atoms. The Kier molecular flexibility index (Phi) is 5.09. The molecule has 0 spiro atoms. The lowest BCUT2D eigenvalue weighted by Crippen LogP contribution is -2.20. The predicted octanol–water partition coefficient (Wildman–Crippen LogP) is 6.32. The molecular weight excluding hydrogens is 417 g/mol. The first-order valence-corrected chi connectivity index (χ1v) is 9.16. The van der Waals surface area contributed by atoms with Gasteiger partial charge >= 0.3 is 12.2 Å². The van der Waals surface area contributed by atoms with Gasteiger partial charge in [0, 0.05) is 29.3 Å². The van der Waals surface area contributed by atoms with E-state index in [1.165, 1.54) is 6.07 Å². The minimum absolute atomic E-state index is 0.0271. The molecule has 2 N–H and O–H groups in total. The second-order valence-electron chi connectivity index (χ2n) is 6.44. The summed E-state index contributed by atoms with van der Waals surface area (Å²) >= 11 is 5.60. The standard InChI is InChI=1S/C21H14ClF3N4O/c22-17-8-7-15(11-16(17)21(23,24)25)27-20(30)26-14-5-3-4-13(10-14)18-12-29-9-2-1-6-19(29)28-18/h1-12H,(H2,26,27,30). The quantitative estimate of drug-likeness (QED) is 0.399. The number of nitrogens with zero attached hydrogens (tertiary/aromatic N) is 2. The number of urea groups is 1. The second-order valence-corrected chi connectivity index (χ2v) is 6.85. The van der Waals surface area contributed by atoms with Crippen LogP contribution in [0.4, 0.5) is 29.3 Å². The zero-order valence-electron chi connectivity index (χ0n) is 15.2. The highest BCUT2D eigenvalue weighted by Crippen LogP contribution is 2.36. The van der Waals surface area contributed by atoms with Gasteiger partial charge in [0.25, 0.3) is 0 Å². The number of carbonyl (C=O) groups is 1. The first kappa shape index (κ1) is 19.8. The van der Waals surface area contributed by atoms with Crippen LogP contribution < -0.4 is 10.6 Å². The van der Waals surface area contributed by atoms with Gasteiger partial charge in [0.15, 0.2) is 0 Å². The number of nitrogens with one attached hydrogen (secondary N) is 2. The fourth-order valence-electron chi connectivity index (χ4n) is 2.94. The molecule has 4 rings (SSSR count). The lowest BCUT2D eigenvalue weighted by Gasteiger charge is -2.12. The number of pyridine rings is 1.